The molecule has 0 saturated carbocycles. The van der Waals surface area contributed by atoms with Gasteiger partial charge in [-0.3, -0.25) is 0 Å². The Hall–Kier alpha value is -1.86. The van der Waals surface area contributed by atoms with E-state index in [0.717, 1.165) is 0 Å². The topological polar surface area (TPSA) is 471 Å². The first kappa shape index (κ1) is 77.4. The third-order valence-electron chi connectivity index (χ3n) is 13.5. The molecule has 0 spiro atoms. The zero-order valence-corrected chi connectivity index (χ0v) is 49.4. The van der Waals surface area contributed by atoms with Gasteiger partial charge in [0.1, 0.15) is 79.9 Å². The van der Waals surface area contributed by atoms with Crippen LogP contribution >= 0.6 is 0 Å². The molecule has 3 fully saturated rings. The monoisotopic (exact) mass is 1250 g/mol. The van der Waals surface area contributed by atoms with Gasteiger partial charge in [-0.2, -0.15) is 0 Å². The average molecular weight is 1250 g/mol. The molecule has 0 aromatic carbocycles. The van der Waals surface area contributed by atoms with Gasteiger partial charge in [-0.05, 0) is 40.0 Å². The highest BCUT2D eigenvalue weighted by Crippen LogP contribution is 2.37. The maximum Gasteiger partial charge on any atom is 0.218 e. The molecule has 11 unspecified atom stereocenters. The van der Waals surface area contributed by atoms with E-state index < -0.39 is 225 Å². The van der Waals surface area contributed by atoms with Gasteiger partial charge in [0, 0.05) is 25.6 Å². The van der Waals surface area contributed by atoms with Crippen LogP contribution in [0.3, 0.4) is 0 Å². The lowest BCUT2D eigenvalue weighted by molar-refractivity contribution is -0.376. The van der Waals surface area contributed by atoms with Crippen molar-refractivity contribution in [2.45, 2.75) is 190 Å². The van der Waals surface area contributed by atoms with Crippen molar-refractivity contribution in [1.29, 1.82) is 0 Å². The van der Waals surface area contributed by atoms with Crippen molar-refractivity contribution >= 4 is 0 Å². The van der Waals surface area contributed by atoms with Crippen LogP contribution in [0.1, 0.15) is 54.4 Å². The summed E-state index contributed by atoms with van der Waals surface area (Å²) >= 11 is 0. The highest BCUT2D eigenvalue weighted by atomic mass is 16.8. The van der Waals surface area contributed by atoms with Crippen LogP contribution in [-0.4, -0.2) is 342 Å². The van der Waals surface area contributed by atoms with E-state index >= 15 is 0 Å². The van der Waals surface area contributed by atoms with E-state index in [9.17, 15) is 81.7 Å². The van der Waals surface area contributed by atoms with Crippen molar-refractivity contribution in [3.05, 3.63) is 11.5 Å². The van der Waals surface area contributed by atoms with Gasteiger partial charge in [-0.15, -0.1) is 0 Å². The predicted octanol–water partition coefficient (Wildman–Crippen LogP) is -6.02. The second-order valence-electron chi connectivity index (χ2n) is 20.9. The third-order valence-corrected chi connectivity index (χ3v) is 13.5. The van der Waals surface area contributed by atoms with E-state index in [0.29, 0.717) is 0 Å². The fraction of sp³-hybridized carbons (Fsp3) is 0.962. The summed E-state index contributed by atoms with van der Waals surface area (Å²) in [4.78, 5) is 0. The lowest BCUT2D eigenvalue weighted by atomic mass is 9.81. The van der Waals surface area contributed by atoms with Crippen molar-refractivity contribution in [2.75, 3.05) is 126 Å². The molecule has 504 valence electrons. The summed E-state index contributed by atoms with van der Waals surface area (Å²) < 4.78 is 94.3. The summed E-state index contributed by atoms with van der Waals surface area (Å²) in [6, 6.07) is 0. The van der Waals surface area contributed by atoms with Gasteiger partial charge in [0.15, 0.2) is 36.7 Å². The highest BCUT2D eigenvalue weighted by molar-refractivity contribution is 5.09. The van der Waals surface area contributed by atoms with Gasteiger partial charge in [0.2, 0.25) is 6.29 Å². The van der Waals surface area contributed by atoms with Crippen LogP contribution in [0.2, 0.25) is 0 Å². The van der Waals surface area contributed by atoms with Crippen LogP contribution in [0, 0.1) is 11.8 Å². The highest BCUT2D eigenvalue weighted by Gasteiger charge is 2.55. The summed E-state index contributed by atoms with van der Waals surface area (Å²) in [7, 11) is 0. The summed E-state index contributed by atoms with van der Waals surface area (Å²) in [6.45, 7) is 2.38. The molecule has 0 bridgehead atoms. The second kappa shape index (κ2) is 42.2. The molecular weight excluding hydrogens is 1150 g/mol. The van der Waals surface area contributed by atoms with Crippen LogP contribution in [0.4, 0.5) is 0 Å². The van der Waals surface area contributed by atoms with E-state index in [2.05, 4.69) is 0 Å². The Morgan fingerprint density at radius 2 is 1.01 bits per heavy atom. The molecule has 16 N–H and O–H groups in total. The van der Waals surface area contributed by atoms with Gasteiger partial charge in [-0.1, -0.05) is 13.8 Å². The standard InChI is InChI=1S/C53H100O32/c1-28(2)36-33(25-71-19-11-56)81-53(47(39(36)64)75-23-15-60)80-32(7-9-54)38(63)46(74-22-14-59)50(69)84-43-35(27-77-31(8-17-70-18-10-55)37(62)45(73-21-13-58)49(68)78-29(3)4)82-51(41(66)40(43)65)85-44-34(26-72-20-12-57)83-52(79-30(5)6)48(42(44)67)76-24-16-61/h28-36,38-44,46-69H,7-27H2,1-6H3/b45-37+/t31-,32+,33?,34?,35?,36-,38?,39?,40?,41?,42?,43+,44+,46?,47?,48?,49+,50+,51+,52-,53-/m1/s1. The second-order valence-corrected chi connectivity index (χ2v) is 20.9. The van der Waals surface area contributed by atoms with Gasteiger partial charge >= 0.3 is 0 Å². The van der Waals surface area contributed by atoms with Crippen LogP contribution in [0.5, 0.6) is 0 Å². The van der Waals surface area contributed by atoms with Crippen molar-refractivity contribution in [3.63, 3.8) is 0 Å². The number of hydrogen-bond donors (Lipinski definition) is 16. The quantitative estimate of drug-likeness (QED) is 0.0153. The van der Waals surface area contributed by atoms with Gasteiger partial charge in [0.25, 0.3) is 0 Å². The maximum absolute atomic E-state index is 12.2. The van der Waals surface area contributed by atoms with E-state index in [1.54, 1.807) is 27.7 Å². The molecule has 0 aromatic heterocycles. The molecule has 3 saturated heterocycles. The Labute approximate surface area is 495 Å². The van der Waals surface area contributed by atoms with Gasteiger partial charge < -0.3 is 157 Å². The Kier molecular flexibility index (Phi) is 38.5. The smallest absolute Gasteiger partial charge is 0.218 e. The van der Waals surface area contributed by atoms with Crippen molar-refractivity contribution < 1.29 is 157 Å². The lowest BCUT2D eigenvalue weighted by Crippen LogP contribution is -2.66. The molecule has 0 aliphatic carbocycles. The summed E-state index contributed by atoms with van der Waals surface area (Å²) in [5, 5.41) is 173. The predicted molar refractivity (Wildman–Crippen MR) is 286 cm³/mol. The largest absolute Gasteiger partial charge is 0.506 e. The molecule has 21 atom stereocenters. The molecule has 32 nitrogen and oxygen atoms in total. The molecule has 85 heavy (non-hydrogen) atoms. The first-order valence-electron chi connectivity index (χ1n) is 28.8. The van der Waals surface area contributed by atoms with Gasteiger partial charge in [-0.25, -0.2) is 0 Å². The zero-order chi connectivity index (χ0) is 63.2. The summed E-state index contributed by atoms with van der Waals surface area (Å²) in [6.07, 6.45) is -36.1. The lowest BCUT2D eigenvalue weighted by Gasteiger charge is -2.48. The zero-order valence-electron chi connectivity index (χ0n) is 49.4. The first-order valence-corrected chi connectivity index (χ1v) is 28.8. The molecule has 3 aliphatic rings. The minimum absolute atomic E-state index is 0.0834. The van der Waals surface area contributed by atoms with E-state index in [1.807, 2.05) is 13.8 Å². The molecule has 0 amide bonds. The Morgan fingerprint density at radius 1 is 0.471 bits per heavy atom. The third kappa shape index (κ3) is 24.7. The minimum atomic E-state index is -2.42. The van der Waals surface area contributed by atoms with Crippen molar-refractivity contribution in [3.8, 4) is 0 Å². The van der Waals surface area contributed by atoms with E-state index in [1.165, 1.54) is 0 Å². The molecule has 3 aliphatic heterocycles. The number of aliphatic hydroxyl groups excluding tert-OH is 16. The molecule has 0 radical (unpaired) electrons. The van der Waals surface area contributed by atoms with Crippen LogP contribution in [0.15, 0.2) is 11.5 Å². The van der Waals surface area contributed by atoms with E-state index in [-0.39, 0.29) is 71.8 Å². The van der Waals surface area contributed by atoms with Crippen LogP contribution < -0.4 is 0 Å². The average Bonchev–Trinajstić information content (AvgIpc) is 2.93. The SMILES string of the molecule is CC(C)O[C@@H]1OC(COCCO)[C@H](O[C@@H]2OC(CO[C@H](CCOCCO)/C(O)=C(\OCCO)[C@@H](O)OC(C)C)[C@H](O[C@H](O)C(OCCO)C(O)[C@H](CCO)O[C@@H]3OC(COCCO)[C@@H](C(C)C)C(O)C3OCCO)C(O)C2O)C(O)C1OCCO. The Balaban J connectivity index is 2.19. The number of aliphatic hydroxyl groups is 16. The summed E-state index contributed by atoms with van der Waals surface area (Å²) in [5.74, 6) is -2.30. The fourth-order valence-corrected chi connectivity index (χ4v) is 9.71. The number of ether oxygens (including phenoxy) is 16. The summed E-state index contributed by atoms with van der Waals surface area (Å²) in [5.41, 5.74) is 0. The van der Waals surface area contributed by atoms with Crippen LogP contribution in [-0.2, 0) is 75.8 Å². The van der Waals surface area contributed by atoms with Gasteiger partial charge in [0.05, 0.1) is 136 Å². The Morgan fingerprint density at radius 3 is 1.58 bits per heavy atom. The fourth-order valence-electron chi connectivity index (χ4n) is 9.71. The van der Waals surface area contributed by atoms with Crippen LogP contribution in [0.25, 0.3) is 0 Å². The number of rotatable bonds is 46. The molecule has 0 aromatic rings. The van der Waals surface area contributed by atoms with Crippen molar-refractivity contribution in [1.82, 2.24) is 0 Å². The Bertz CT molecular complexity index is 1720. The molecule has 32 heteroatoms. The molecular formula is C53H100O32. The normalized spacial score (nSPS) is 31.0. The van der Waals surface area contributed by atoms with E-state index in [4.69, 9.17) is 75.8 Å². The first-order chi connectivity index (χ1) is 40.7. The molecule has 3 rings (SSSR count). The minimum Gasteiger partial charge on any atom is -0.506 e. The van der Waals surface area contributed by atoms with Crippen molar-refractivity contribution in [2.24, 2.45) is 11.8 Å². The molecule has 3 heterocycles. The maximum atomic E-state index is 12.2. The number of hydrogen-bond acceptors (Lipinski definition) is 32.